The number of hydrogen-bond donors (Lipinski definition) is 4. The number of ether oxygens (including phenoxy) is 1. The van der Waals surface area contributed by atoms with E-state index < -0.39 is 11.9 Å². The molecule has 2 aromatic heterocycles. The number of thiazole rings is 1. The Labute approximate surface area is 524 Å². The molecule has 0 unspecified atom stereocenters. The van der Waals surface area contributed by atoms with E-state index in [1.807, 2.05) is 57.2 Å². The van der Waals surface area contributed by atoms with Gasteiger partial charge in [0.15, 0.2) is 5.13 Å². The summed E-state index contributed by atoms with van der Waals surface area (Å²) in [6.07, 6.45) is 11.3. The van der Waals surface area contributed by atoms with Crippen LogP contribution < -0.4 is 45.6 Å². The molecule has 1 saturated heterocycles. The van der Waals surface area contributed by atoms with Crippen LogP contribution in [0.5, 0.6) is 11.5 Å². The molecule has 0 spiro atoms. The van der Waals surface area contributed by atoms with Crippen LogP contribution in [0.25, 0.3) is 16.0 Å². The summed E-state index contributed by atoms with van der Waals surface area (Å²) < 4.78 is 9.86. The number of fused-ring (bicyclic) bond motifs is 4. The maximum absolute atomic E-state index is 14.7. The van der Waals surface area contributed by atoms with Crippen molar-refractivity contribution in [1.29, 1.82) is 0 Å². The Morgan fingerprint density at radius 1 is 0.809 bits per heavy atom. The first-order valence-electron chi connectivity index (χ1n) is 30.9. The molecule has 0 atom stereocenters. The zero-order valence-electron chi connectivity index (χ0n) is 50.3. The quantitative estimate of drug-likeness (QED) is 0.0305. The lowest BCUT2D eigenvalue weighted by molar-refractivity contribution is -0.133. The lowest BCUT2D eigenvalue weighted by atomic mass is 9.82. The van der Waals surface area contributed by atoms with Gasteiger partial charge in [-0.2, -0.15) is 0 Å². The van der Waals surface area contributed by atoms with E-state index in [0.29, 0.717) is 86.7 Å². The van der Waals surface area contributed by atoms with Gasteiger partial charge in [-0.05, 0) is 142 Å². The Morgan fingerprint density at radius 3 is 2.43 bits per heavy atom. The number of carboxylic acids is 1. The van der Waals surface area contributed by atoms with Crippen molar-refractivity contribution in [3.63, 3.8) is 0 Å². The number of rotatable bonds is 16. The monoisotopic (exact) mass is 1230 g/mol. The number of nitrogens with one attached hydrogen (secondary N) is 3. The SMILES string of the molecule is Cc1nc(Nc2ncc(C(=O)Nc3c(C)cccc3Cl)s2)cc(N2CCN(CC(=O)N(CCNC(=O)c3ccc(C(=O)O)c(C4=c5cc6c7c(c5Oc5c4cc4c8c5CCCN8CCCC4)CCC[N+]=7CCCC6)c3)Cc3cccc(C)c3N=[N+]=[N-])CC2)n1. The molecule has 0 radical (unpaired) electrons. The number of azide groups is 1. The fraction of sp³-hybridized carbons (Fsp3) is 0.373. The fourth-order valence-electron chi connectivity index (χ4n) is 13.9. The molecular weight excluding hydrogens is 1160 g/mol. The molecular formula is C67H70ClN14O6S+. The van der Waals surface area contributed by atoms with E-state index in [9.17, 15) is 29.8 Å². The lowest BCUT2D eigenvalue weighted by Gasteiger charge is -2.36. The maximum atomic E-state index is 14.7. The van der Waals surface area contributed by atoms with Gasteiger partial charge in [-0.25, -0.2) is 24.3 Å². The summed E-state index contributed by atoms with van der Waals surface area (Å²) in [6, 6.07) is 22.2. The largest absolute Gasteiger partial charge is 0.478 e. The summed E-state index contributed by atoms with van der Waals surface area (Å²) in [4.78, 5) is 81.8. The first-order valence-corrected chi connectivity index (χ1v) is 32.1. The van der Waals surface area contributed by atoms with Crippen molar-refractivity contribution in [3.8, 4) is 11.5 Å². The number of carboxylic acid groups (broad SMARTS) is 1. The zero-order valence-corrected chi connectivity index (χ0v) is 51.8. The normalized spacial score (nSPS) is 15.9. The molecule has 0 saturated carbocycles. The number of para-hydroxylation sites is 1. The van der Waals surface area contributed by atoms with Crippen LogP contribution >= 0.6 is 22.9 Å². The lowest BCUT2D eigenvalue weighted by Crippen LogP contribution is -2.51. The van der Waals surface area contributed by atoms with E-state index in [1.165, 1.54) is 50.8 Å². The topological polar surface area (TPSA) is 237 Å². The number of benzene rings is 5. The molecule has 8 heterocycles. The Kier molecular flexibility index (Phi) is 16.8. The van der Waals surface area contributed by atoms with Crippen molar-refractivity contribution >= 4 is 86.0 Å². The van der Waals surface area contributed by atoms with E-state index in [0.717, 1.165) is 129 Å². The average Bonchev–Trinajstić information content (AvgIpc) is 1.31. The van der Waals surface area contributed by atoms with E-state index in [2.05, 4.69) is 67.4 Å². The van der Waals surface area contributed by atoms with E-state index in [1.54, 1.807) is 29.2 Å². The zero-order chi connectivity index (χ0) is 61.4. The fourth-order valence-corrected chi connectivity index (χ4v) is 14.8. The van der Waals surface area contributed by atoms with Crippen LogP contribution in [0.1, 0.15) is 125 Å². The molecule has 1 fully saturated rings. The van der Waals surface area contributed by atoms with Gasteiger partial charge in [-0.15, -0.1) is 0 Å². The van der Waals surface area contributed by atoms with Crippen LogP contribution in [0.3, 0.4) is 0 Å². The molecule has 13 rings (SSSR count). The van der Waals surface area contributed by atoms with Crippen LogP contribution in [-0.4, -0.2) is 126 Å². The smallest absolute Gasteiger partial charge is 0.336 e. The second-order valence-corrected chi connectivity index (χ2v) is 25.4. The summed E-state index contributed by atoms with van der Waals surface area (Å²) in [5, 5.41) is 27.4. The molecule has 7 aromatic rings. The van der Waals surface area contributed by atoms with Crippen LogP contribution in [0.4, 0.5) is 33.8 Å². The molecule has 3 amide bonds. The van der Waals surface area contributed by atoms with Crippen molar-refractivity contribution in [2.24, 2.45) is 5.11 Å². The van der Waals surface area contributed by atoms with Gasteiger partial charge in [0.25, 0.3) is 11.8 Å². The highest BCUT2D eigenvalue weighted by Crippen LogP contribution is 2.49. The molecule has 6 aliphatic heterocycles. The highest BCUT2D eigenvalue weighted by molar-refractivity contribution is 7.17. The molecule has 0 aliphatic carbocycles. The predicted octanol–water partition coefficient (Wildman–Crippen LogP) is 9.94. The Hall–Kier alpha value is -8.88. The van der Waals surface area contributed by atoms with Crippen molar-refractivity contribution in [2.45, 2.75) is 91.5 Å². The number of anilines is 5. The summed E-state index contributed by atoms with van der Waals surface area (Å²) in [5.41, 5.74) is 21.5. The van der Waals surface area contributed by atoms with Crippen LogP contribution in [0.2, 0.25) is 5.02 Å². The van der Waals surface area contributed by atoms with E-state index >= 15 is 0 Å². The van der Waals surface area contributed by atoms with Crippen LogP contribution in [0, 0.1) is 20.8 Å². The number of carbonyl (C=O) groups excluding carboxylic acids is 3. The molecule has 456 valence electrons. The molecule has 5 aromatic carbocycles. The van der Waals surface area contributed by atoms with Crippen molar-refractivity contribution in [3.05, 3.63) is 177 Å². The summed E-state index contributed by atoms with van der Waals surface area (Å²) in [5.74, 6) is 1.36. The predicted molar refractivity (Wildman–Crippen MR) is 346 cm³/mol. The standard InChI is InChI=1S/C67H69ClN14O6S/c1-39-12-8-16-45(58(39)76-77-69)37-82(56(83)38-78-28-30-79(31-29-78)55-35-54(72-41(3)73-55)74-67-71-36-53(89-67)65(85)75-59-40(2)13-9-19-52(59)68)27-22-70-64(84)44-20-21-46(66(86)87)49(34-44)57-50-32-42-14-4-6-23-80-25-10-17-47(60(42)80)62(50)88-63-48-18-11-26-81-24-7-5-15-43(61(48)81)33-51(57)63/h8-9,12-13,16,19-21,32-36H,4-7,10-11,14-15,17-18,22-31,37-38H2,1-3H3,(H3-,70,71,72,73,74,75,84,85,86,87)/p+1. The highest BCUT2D eigenvalue weighted by Gasteiger charge is 2.37. The van der Waals surface area contributed by atoms with Crippen molar-refractivity contribution in [2.75, 3.05) is 92.4 Å². The average molecular weight is 1230 g/mol. The molecule has 0 bridgehead atoms. The molecule has 20 nitrogen and oxygen atoms in total. The minimum Gasteiger partial charge on any atom is -0.478 e. The maximum Gasteiger partial charge on any atom is 0.336 e. The number of hydrogen-bond acceptors (Lipinski definition) is 14. The van der Waals surface area contributed by atoms with Gasteiger partial charge in [-0.3, -0.25) is 19.3 Å². The van der Waals surface area contributed by atoms with Gasteiger partial charge < -0.3 is 40.5 Å². The third-order valence-corrected chi connectivity index (χ3v) is 19.3. The number of carbonyl (C=O) groups is 4. The summed E-state index contributed by atoms with van der Waals surface area (Å²) in [7, 11) is 0. The number of halogens is 1. The molecule has 6 aliphatic rings. The minimum atomic E-state index is -1.09. The minimum absolute atomic E-state index is 0.0757. The number of piperazine rings is 1. The number of aromatic nitrogens is 3. The number of nitrogens with zero attached hydrogens (tertiary/aromatic N) is 11. The number of aryl methyl sites for hydroxylation is 5. The molecule has 89 heavy (non-hydrogen) atoms. The summed E-state index contributed by atoms with van der Waals surface area (Å²) in [6.45, 7) is 12.2. The van der Waals surface area contributed by atoms with Gasteiger partial charge in [-0.1, -0.05) is 58.4 Å². The Morgan fingerprint density at radius 2 is 1.60 bits per heavy atom. The Balaban J connectivity index is 0.743. The molecule has 22 heteroatoms. The number of aromatic carboxylic acids is 1. The Bertz CT molecular complexity index is 4210. The second kappa shape index (κ2) is 25.3. The van der Waals surface area contributed by atoms with Gasteiger partial charge >= 0.3 is 5.97 Å². The van der Waals surface area contributed by atoms with Crippen molar-refractivity contribution < 1.29 is 29.0 Å². The summed E-state index contributed by atoms with van der Waals surface area (Å²) >= 11 is 7.56. The van der Waals surface area contributed by atoms with Gasteiger partial charge in [0.1, 0.15) is 46.9 Å². The van der Waals surface area contributed by atoms with Gasteiger partial charge in [0.2, 0.25) is 11.3 Å². The first kappa shape index (κ1) is 59.1. The van der Waals surface area contributed by atoms with E-state index in [-0.39, 0.29) is 43.6 Å². The van der Waals surface area contributed by atoms with Crippen molar-refractivity contribution in [1.82, 2.24) is 34.6 Å². The number of amides is 3. The van der Waals surface area contributed by atoms with E-state index in [4.69, 9.17) is 21.3 Å². The van der Waals surface area contributed by atoms with Crippen LogP contribution in [0.15, 0.2) is 84.1 Å². The highest BCUT2D eigenvalue weighted by atomic mass is 35.5. The second-order valence-electron chi connectivity index (χ2n) is 23.9. The first-order chi connectivity index (χ1) is 43.3. The third-order valence-electron chi connectivity index (χ3n) is 18.1. The molecule has 4 N–H and O–H groups in total. The van der Waals surface area contributed by atoms with Gasteiger partial charge in [0, 0.05) is 127 Å². The van der Waals surface area contributed by atoms with Gasteiger partial charge in [0.05, 0.1) is 34.6 Å². The third kappa shape index (κ3) is 12.0. The van der Waals surface area contributed by atoms with Crippen LogP contribution in [-0.2, 0) is 37.0 Å².